The lowest BCUT2D eigenvalue weighted by atomic mass is 10.2. The third-order valence-electron chi connectivity index (χ3n) is 2.25. The summed E-state index contributed by atoms with van der Waals surface area (Å²) in [6.45, 7) is 5.35. The van der Waals surface area contributed by atoms with Gasteiger partial charge in [0.15, 0.2) is 0 Å². The van der Waals surface area contributed by atoms with E-state index in [-0.39, 0.29) is 5.92 Å². The van der Waals surface area contributed by atoms with Gasteiger partial charge < -0.3 is 0 Å². The molecule has 4 heteroatoms. The lowest BCUT2D eigenvalue weighted by molar-refractivity contribution is 0.344. The average molecular weight is 205 g/mol. The molecule has 1 heterocycles. The predicted octanol–water partition coefficient (Wildman–Crippen LogP) is 1.46. The van der Waals surface area contributed by atoms with Gasteiger partial charge >= 0.3 is 0 Å². The van der Waals surface area contributed by atoms with Crippen LogP contribution < -0.4 is 0 Å². The molecule has 0 bridgehead atoms. The Morgan fingerprint density at radius 1 is 1.15 bits per heavy atom. The van der Waals surface area contributed by atoms with Crippen LogP contribution >= 0.6 is 0 Å². The van der Waals surface area contributed by atoms with Crippen LogP contribution in [0, 0.1) is 5.92 Å². The second-order valence-corrected chi connectivity index (χ2v) is 6.15. The first kappa shape index (κ1) is 11.0. The molecule has 3 nitrogen and oxygen atoms in total. The molecule has 1 saturated heterocycles. The van der Waals surface area contributed by atoms with Gasteiger partial charge in [-0.1, -0.05) is 20.3 Å². The largest absolute Gasteiger partial charge is 0.214 e. The van der Waals surface area contributed by atoms with Gasteiger partial charge in [-0.25, -0.2) is 12.7 Å². The number of sulfonamides is 1. The first-order valence-electron chi connectivity index (χ1n) is 5.00. The topological polar surface area (TPSA) is 37.4 Å². The summed E-state index contributed by atoms with van der Waals surface area (Å²) in [5, 5.41) is 0. The van der Waals surface area contributed by atoms with Crippen molar-refractivity contribution in [2.24, 2.45) is 5.92 Å². The summed E-state index contributed by atoms with van der Waals surface area (Å²) in [6.07, 6.45) is 3.22. The van der Waals surface area contributed by atoms with Crippen LogP contribution in [0.1, 0.15) is 33.1 Å². The summed E-state index contributed by atoms with van der Waals surface area (Å²) in [7, 11) is -2.95. The minimum atomic E-state index is -2.95. The summed E-state index contributed by atoms with van der Waals surface area (Å²) >= 11 is 0. The standard InChI is InChI=1S/C9H19NO2S/c1-9(2)8-13(11,12)10-6-4-3-5-7-10/h9H,3-8H2,1-2H3. The van der Waals surface area contributed by atoms with Crippen molar-refractivity contribution >= 4 is 10.0 Å². The van der Waals surface area contributed by atoms with Crippen LogP contribution in [-0.4, -0.2) is 31.6 Å². The number of piperidine rings is 1. The van der Waals surface area contributed by atoms with Gasteiger partial charge in [0.05, 0.1) is 5.75 Å². The Hall–Kier alpha value is -0.0900. The second-order valence-electron chi connectivity index (χ2n) is 4.13. The van der Waals surface area contributed by atoms with E-state index in [1.165, 1.54) is 6.42 Å². The molecule has 0 aliphatic carbocycles. The lowest BCUT2D eigenvalue weighted by Gasteiger charge is -2.26. The molecule has 0 saturated carbocycles. The van der Waals surface area contributed by atoms with Crippen LogP contribution in [0.4, 0.5) is 0 Å². The maximum Gasteiger partial charge on any atom is 0.214 e. The van der Waals surface area contributed by atoms with Crippen molar-refractivity contribution in [1.82, 2.24) is 4.31 Å². The quantitative estimate of drug-likeness (QED) is 0.699. The van der Waals surface area contributed by atoms with E-state index in [9.17, 15) is 8.42 Å². The molecule has 1 rings (SSSR count). The highest BCUT2D eigenvalue weighted by Gasteiger charge is 2.24. The van der Waals surface area contributed by atoms with Crippen molar-refractivity contribution < 1.29 is 8.42 Å². The molecule has 13 heavy (non-hydrogen) atoms. The fourth-order valence-corrected chi connectivity index (χ4v) is 3.54. The fourth-order valence-electron chi connectivity index (χ4n) is 1.67. The number of nitrogens with zero attached hydrogens (tertiary/aromatic N) is 1. The van der Waals surface area contributed by atoms with Gasteiger partial charge in [0.25, 0.3) is 0 Å². The van der Waals surface area contributed by atoms with E-state index >= 15 is 0 Å². The Morgan fingerprint density at radius 2 is 1.69 bits per heavy atom. The van der Waals surface area contributed by atoms with Gasteiger partial charge in [0, 0.05) is 13.1 Å². The summed E-state index contributed by atoms with van der Waals surface area (Å²) in [4.78, 5) is 0. The molecule has 0 amide bonds. The molecule has 1 aliphatic rings. The van der Waals surface area contributed by atoms with Crippen LogP contribution in [0.5, 0.6) is 0 Å². The average Bonchev–Trinajstić information content (AvgIpc) is 2.04. The normalized spacial score (nSPS) is 20.8. The molecule has 0 atom stereocenters. The third kappa shape index (κ3) is 3.27. The Balaban J connectivity index is 2.57. The monoisotopic (exact) mass is 205 g/mol. The lowest BCUT2D eigenvalue weighted by Crippen LogP contribution is -2.38. The Kier molecular flexibility index (Phi) is 3.74. The maximum absolute atomic E-state index is 11.7. The number of rotatable bonds is 3. The van der Waals surface area contributed by atoms with E-state index in [0.717, 1.165) is 25.9 Å². The molecule has 0 aromatic rings. The molecule has 78 valence electrons. The molecular weight excluding hydrogens is 186 g/mol. The Bertz CT molecular complexity index is 240. The van der Waals surface area contributed by atoms with Crippen LogP contribution in [0.3, 0.4) is 0 Å². The van der Waals surface area contributed by atoms with Gasteiger partial charge in [0.2, 0.25) is 10.0 Å². The minimum absolute atomic E-state index is 0.229. The number of hydrogen-bond donors (Lipinski definition) is 0. The van der Waals surface area contributed by atoms with Gasteiger partial charge in [0.1, 0.15) is 0 Å². The molecule has 1 aliphatic heterocycles. The molecule has 0 unspecified atom stereocenters. The van der Waals surface area contributed by atoms with Crippen LogP contribution in [-0.2, 0) is 10.0 Å². The highest BCUT2D eigenvalue weighted by atomic mass is 32.2. The first-order chi connectivity index (χ1) is 6.02. The van der Waals surface area contributed by atoms with E-state index in [2.05, 4.69) is 0 Å². The van der Waals surface area contributed by atoms with Crippen LogP contribution in [0.25, 0.3) is 0 Å². The van der Waals surface area contributed by atoms with Gasteiger partial charge in [-0.05, 0) is 18.8 Å². The van der Waals surface area contributed by atoms with E-state index in [4.69, 9.17) is 0 Å². The van der Waals surface area contributed by atoms with E-state index < -0.39 is 10.0 Å². The molecule has 1 fully saturated rings. The predicted molar refractivity (Wildman–Crippen MR) is 54.0 cm³/mol. The second kappa shape index (κ2) is 4.42. The van der Waals surface area contributed by atoms with Crippen molar-refractivity contribution in [3.8, 4) is 0 Å². The molecular formula is C9H19NO2S. The van der Waals surface area contributed by atoms with Crippen molar-refractivity contribution in [2.45, 2.75) is 33.1 Å². The summed E-state index contributed by atoms with van der Waals surface area (Å²) in [5.41, 5.74) is 0. The van der Waals surface area contributed by atoms with E-state index in [1.54, 1.807) is 4.31 Å². The zero-order valence-corrected chi connectivity index (χ0v) is 9.31. The van der Waals surface area contributed by atoms with Gasteiger partial charge in [-0.15, -0.1) is 0 Å². The SMILES string of the molecule is CC(C)CS(=O)(=O)N1CCCCC1. The Morgan fingerprint density at radius 3 is 2.15 bits per heavy atom. The van der Waals surface area contributed by atoms with Crippen molar-refractivity contribution in [3.05, 3.63) is 0 Å². The highest BCUT2D eigenvalue weighted by molar-refractivity contribution is 7.89. The summed E-state index contributed by atoms with van der Waals surface area (Å²) < 4.78 is 25.1. The molecule has 0 aromatic heterocycles. The summed E-state index contributed by atoms with van der Waals surface area (Å²) in [6, 6.07) is 0. The van der Waals surface area contributed by atoms with E-state index in [1.807, 2.05) is 13.8 Å². The van der Waals surface area contributed by atoms with Crippen LogP contribution in [0.15, 0.2) is 0 Å². The van der Waals surface area contributed by atoms with Crippen molar-refractivity contribution in [2.75, 3.05) is 18.8 Å². The van der Waals surface area contributed by atoms with Crippen LogP contribution in [0.2, 0.25) is 0 Å². The zero-order chi connectivity index (χ0) is 9.90. The molecule has 0 spiro atoms. The van der Waals surface area contributed by atoms with Gasteiger partial charge in [-0.2, -0.15) is 0 Å². The first-order valence-corrected chi connectivity index (χ1v) is 6.61. The maximum atomic E-state index is 11.7. The Labute approximate surface area is 81.2 Å². The number of hydrogen-bond acceptors (Lipinski definition) is 2. The van der Waals surface area contributed by atoms with Gasteiger partial charge in [-0.3, -0.25) is 0 Å². The highest BCUT2D eigenvalue weighted by Crippen LogP contribution is 2.15. The zero-order valence-electron chi connectivity index (χ0n) is 8.49. The smallest absolute Gasteiger partial charge is 0.212 e. The fraction of sp³-hybridized carbons (Fsp3) is 1.00. The minimum Gasteiger partial charge on any atom is -0.212 e. The van der Waals surface area contributed by atoms with Crippen molar-refractivity contribution in [3.63, 3.8) is 0 Å². The summed E-state index contributed by atoms with van der Waals surface area (Å²) in [5.74, 6) is 0.527. The molecule has 0 N–H and O–H groups in total. The molecule has 0 aromatic carbocycles. The molecule has 0 radical (unpaired) electrons. The van der Waals surface area contributed by atoms with Crippen molar-refractivity contribution in [1.29, 1.82) is 0 Å². The van der Waals surface area contributed by atoms with E-state index in [0.29, 0.717) is 5.75 Å². The third-order valence-corrected chi connectivity index (χ3v) is 4.49.